The van der Waals surface area contributed by atoms with Crippen LogP contribution in [0.2, 0.25) is 0 Å². The van der Waals surface area contributed by atoms with Crippen molar-refractivity contribution in [2.45, 2.75) is 32.7 Å². The van der Waals surface area contributed by atoms with Gasteiger partial charge in [0.05, 0.1) is 5.52 Å². The third-order valence-electron chi connectivity index (χ3n) is 6.05. The van der Waals surface area contributed by atoms with Crippen LogP contribution in [-0.2, 0) is 13.0 Å². The summed E-state index contributed by atoms with van der Waals surface area (Å²) >= 11 is 0. The van der Waals surface area contributed by atoms with Gasteiger partial charge in [-0.25, -0.2) is 4.39 Å². The van der Waals surface area contributed by atoms with E-state index in [9.17, 15) is 9.18 Å². The molecule has 1 amide bonds. The van der Waals surface area contributed by atoms with Gasteiger partial charge in [-0.2, -0.15) is 5.10 Å². The van der Waals surface area contributed by atoms with E-state index in [1.165, 1.54) is 17.7 Å². The number of halogens is 1. The lowest BCUT2D eigenvalue weighted by Gasteiger charge is -2.32. The van der Waals surface area contributed by atoms with E-state index in [1.807, 2.05) is 43.3 Å². The first-order chi connectivity index (χ1) is 14.6. The number of piperidine rings is 1. The molecule has 4 rings (SSSR count). The number of hydrogen-bond acceptors (Lipinski definition) is 3. The van der Waals surface area contributed by atoms with Gasteiger partial charge in [0.25, 0.3) is 5.91 Å². The monoisotopic (exact) mass is 408 g/mol. The van der Waals surface area contributed by atoms with Crippen molar-refractivity contribution in [3.63, 3.8) is 0 Å². The summed E-state index contributed by atoms with van der Waals surface area (Å²) in [5.41, 5.74) is 2.69. The number of carbonyl (C=O) groups is 1. The van der Waals surface area contributed by atoms with Crippen LogP contribution in [0.1, 0.15) is 35.8 Å². The van der Waals surface area contributed by atoms with Crippen LogP contribution in [0.15, 0.2) is 48.5 Å². The fourth-order valence-electron chi connectivity index (χ4n) is 4.22. The predicted octanol–water partition coefficient (Wildman–Crippen LogP) is 3.88. The fraction of sp³-hybridized carbons (Fsp3) is 0.417. The standard InChI is InChI=1S/C24H29FN4O/c1-2-29-23(21-5-3-4-6-22(21)27-29)24(30)26-17-19-12-15-28(16-13-19)14-11-18-7-9-20(25)10-8-18/h3-10,19H,2,11-17H2,1H3,(H,26,30). The lowest BCUT2D eigenvalue weighted by atomic mass is 9.96. The molecule has 0 spiro atoms. The number of fused-ring (bicyclic) bond motifs is 1. The molecule has 1 saturated heterocycles. The van der Waals surface area contributed by atoms with Crippen molar-refractivity contribution < 1.29 is 9.18 Å². The Morgan fingerprint density at radius 2 is 1.87 bits per heavy atom. The van der Waals surface area contributed by atoms with Crippen molar-refractivity contribution in [1.82, 2.24) is 20.0 Å². The van der Waals surface area contributed by atoms with Crippen molar-refractivity contribution >= 4 is 16.8 Å². The first-order valence-corrected chi connectivity index (χ1v) is 10.8. The molecule has 1 aliphatic rings. The summed E-state index contributed by atoms with van der Waals surface area (Å²) < 4.78 is 14.8. The molecule has 1 aliphatic heterocycles. The van der Waals surface area contributed by atoms with Gasteiger partial charge in [0.1, 0.15) is 11.5 Å². The van der Waals surface area contributed by atoms with Crippen molar-refractivity contribution in [3.8, 4) is 0 Å². The van der Waals surface area contributed by atoms with Crippen LogP contribution in [0, 0.1) is 11.7 Å². The largest absolute Gasteiger partial charge is 0.350 e. The molecule has 0 saturated carbocycles. The van der Waals surface area contributed by atoms with E-state index >= 15 is 0 Å². The number of amides is 1. The Morgan fingerprint density at radius 3 is 2.60 bits per heavy atom. The van der Waals surface area contributed by atoms with E-state index in [2.05, 4.69) is 15.3 Å². The zero-order valence-corrected chi connectivity index (χ0v) is 17.5. The summed E-state index contributed by atoms with van der Waals surface area (Å²) in [5.74, 6) is 0.279. The van der Waals surface area contributed by atoms with Gasteiger partial charge in [-0.15, -0.1) is 0 Å². The summed E-state index contributed by atoms with van der Waals surface area (Å²) in [4.78, 5) is 15.3. The van der Waals surface area contributed by atoms with Gasteiger partial charge >= 0.3 is 0 Å². The second-order valence-electron chi connectivity index (χ2n) is 8.05. The Hall–Kier alpha value is -2.73. The third-order valence-corrected chi connectivity index (χ3v) is 6.05. The zero-order chi connectivity index (χ0) is 20.9. The molecule has 0 bridgehead atoms. The molecule has 5 nitrogen and oxygen atoms in total. The summed E-state index contributed by atoms with van der Waals surface area (Å²) in [7, 11) is 0. The minimum absolute atomic E-state index is 0.0377. The maximum absolute atomic E-state index is 13.0. The van der Waals surface area contributed by atoms with Crippen LogP contribution in [0.25, 0.3) is 10.9 Å². The highest BCUT2D eigenvalue weighted by molar-refractivity contribution is 6.05. The zero-order valence-electron chi connectivity index (χ0n) is 17.5. The molecule has 1 fully saturated rings. The maximum atomic E-state index is 13.0. The van der Waals surface area contributed by atoms with Crippen molar-refractivity contribution in [1.29, 1.82) is 0 Å². The van der Waals surface area contributed by atoms with Crippen LogP contribution in [0.3, 0.4) is 0 Å². The molecular weight excluding hydrogens is 379 g/mol. The molecular formula is C24H29FN4O. The van der Waals surface area contributed by atoms with Crippen LogP contribution < -0.4 is 5.32 Å². The minimum Gasteiger partial charge on any atom is -0.350 e. The van der Waals surface area contributed by atoms with Crippen LogP contribution in [-0.4, -0.2) is 46.8 Å². The topological polar surface area (TPSA) is 50.2 Å². The smallest absolute Gasteiger partial charge is 0.270 e. The second kappa shape index (κ2) is 9.39. The molecule has 158 valence electrons. The molecule has 1 N–H and O–H groups in total. The lowest BCUT2D eigenvalue weighted by molar-refractivity contribution is 0.0927. The quantitative estimate of drug-likeness (QED) is 0.646. The van der Waals surface area contributed by atoms with Crippen molar-refractivity contribution in [2.75, 3.05) is 26.2 Å². The molecule has 2 heterocycles. The van der Waals surface area contributed by atoms with Crippen LogP contribution in [0.4, 0.5) is 4.39 Å². The van der Waals surface area contributed by atoms with Gasteiger partial charge in [-0.3, -0.25) is 9.48 Å². The molecule has 0 aliphatic carbocycles. The summed E-state index contributed by atoms with van der Waals surface area (Å²) in [6.07, 6.45) is 3.10. The maximum Gasteiger partial charge on any atom is 0.270 e. The first kappa shape index (κ1) is 20.5. The molecule has 6 heteroatoms. The van der Waals surface area contributed by atoms with E-state index in [-0.39, 0.29) is 11.7 Å². The fourth-order valence-corrected chi connectivity index (χ4v) is 4.22. The Balaban J connectivity index is 1.26. The van der Waals surface area contributed by atoms with E-state index in [0.717, 1.165) is 49.8 Å². The summed E-state index contributed by atoms with van der Waals surface area (Å²) in [6.45, 7) is 6.45. The normalized spacial score (nSPS) is 15.5. The van der Waals surface area contributed by atoms with Crippen molar-refractivity contribution in [2.24, 2.45) is 5.92 Å². The Kier molecular flexibility index (Phi) is 6.43. The Bertz CT molecular complexity index is 990. The Labute approximate surface area is 176 Å². The molecule has 0 unspecified atom stereocenters. The predicted molar refractivity (Wildman–Crippen MR) is 117 cm³/mol. The molecule has 0 radical (unpaired) electrons. The first-order valence-electron chi connectivity index (χ1n) is 10.8. The molecule has 0 atom stereocenters. The molecule has 2 aromatic carbocycles. The summed E-state index contributed by atoms with van der Waals surface area (Å²) in [6, 6.07) is 14.6. The average Bonchev–Trinajstić information content (AvgIpc) is 3.16. The number of nitrogens with zero attached hydrogens (tertiary/aromatic N) is 3. The van der Waals surface area contributed by atoms with Gasteiger partial charge in [-0.1, -0.05) is 30.3 Å². The number of hydrogen-bond donors (Lipinski definition) is 1. The average molecular weight is 409 g/mol. The van der Waals surface area contributed by atoms with Crippen molar-refractivity contribution in [3.05, 3.63) is 65.6 Å². The SMILES string of the molecule is CCn1nc2ccccc2c1C(=O)NCC1CCN(CCc2ccc(F)cc2)CC1. The molecule has 1 aromatic heterocycles. The van der Waals surface area contributed by atoms with Gasteiger partial charge in [0.2, 0.25) is 0 Å². The molecule has 30 heavy (non-hydrogen) atoms. The van der Waals surface area contributed by atoms with Gasteiger partial charge in [-0.05, 0) is 69.0 Å². The van der Waals surface area contributed by atoms with Crippen LogP contribution >= 0.6 is 0 Å². The highest BCUT2D eigenvalue weighted by atomic mass is 19.1. The minimum atomic E-state index is -0.184. The van der Waals surface area contributed by atoms with Gasteiger partial charge in [0, 0.05) is 25.0 Å². The van der Waals surface area contributed by atoms with E-state index in [0.29, 0.717) is 24.7 Å². The number of aryl methyl sites for hydroxylation is 1. The Morgan fingerprint density at radius 1 is 1.13 bits per heavy atom. The van der Waals surface area contributed by atoms with Crippen LogP contribution in [0.5, 0.6) is 0 Å². The number of nitrogens with one attached hydrogen (secondary N) is 1. The highest BCUT2D eigenvalue weighted by Gasteiger charge is 2.22. The third kappa shape index (κ3) is 4.70. The number of carbonyl (C=O) groups excluding carboxylic acids is 1. The highest BCUT2D eigenvalue weighted by Crippen LogP contribution is 2.20. The van der Waals surface area contributed by atoms with E-state index in [1.54, 1.807) is 4.68 Å². The number of rotatable bonds is 7. The van der Waals surface area contributed by atoms with E-state index in [4.69, 9.17) is 0 Å². The summed E-state index contributed by atoms with van der Waals surface area (Å²) in [5, 5.41) is 8.59. The van der Waals surface area contributed by atoms with Gasteiger partial charge in [0.15, 0.2) is 0 Å². The lowest BCUT2D eigenvalue weighted by Crippen LogP contribution is -2.39. The number of benzene rings is 2. The number of aromatic nitrogens is 2. The van der Waals surface area contributed by atoms with Gasteiger partial charge < -0.3 is 10.2 Å². The second-order valence-corrected chi connectivity index (χ2v) is 8.05. The number of likely N-dealkylation sites (tertiary alicyclic amines) is 1. The molecule has 3 aromatic rings. The van der Waals surface area contributed by atoms with E-state index < -0.39 is 0 Å².